The van der Waals surface area contributed by atoms with Gasteiger partial charge in [-0.05, 0) is 66.6 Å². The Bertz CT molecular complexity index is 680. The first kappa shape index (κ1) is 16.5. The topological polar surface area (TPSA) is 9.23 Å². The first-order chi connectivity index (χ1) is 10.5. The van der Waals surface area contributed by atoms with Crippen LogP contribution in [0.2, 0.25) is 0 Å². The fourth-order valence-corrected chi connectivity index (χ4v) is 2.55. The summed E-state index contributed by atoms with van der Waals surface area (Å²) in [5.74, 6) is 0. The van der Waals surface area contributed by atoms with Gasteiger partial charge in [0.15, 0.2) is 0 Å². The fourth-order valence-electron chi connectivity index (χ4n) is 2.55. The molecule has 2 rings (SSSR count). The van der Waals surface area contributed by atoms with E-state index in [4.69, 9.17) is 4.74 Å². The summed E-state index contributed by atoms with van der Waals surface area (Å²) in [5.41, 5.74) is 9.09. The molecular weight excluding hydrogens is 268 g/mol. The van der Waals surface area contributed by atoms with E-state index in [9.17, 15) is 0 Å². The number of hydrogen-bond donors (Lipinski definition) is 0. The summed E-state index contributed by atoms with van der Waals surface area (Å²) in [7, 11) is 1.74. The molecule has 0 aliphatic carbocycles. The molecule has 0 heterocycles. The van der Waals surface area contributed by atoms with Crippen molar-refractivity contribution in [3.63, 3.8) is 0 Å². The Morgan fingerprint density at radius 3 is 2.32 bits per heavy atom. The summed E-state index contributed by atoms with van der Waals surface area (Å²) in [6, 6.07) is 13.3. The molecule has 0 unspecified atom stereocenters. The minimum Gasteiger partial charge on any atom is -0.380 e. The normalized spacial score (nSPS) is 11.8. The van der Waals surface area contributed by atoms with E-state index in [1.807, 2.05) is 0 Å². The van der Waals surface area contributed by atoms with E-state index in [0.29, 0.717) is 6.61 Å². The van der Waals surface area contributed by atoms with Gasteiger partial charge < -0.3 is 4.74 Å². The van der Waals surface area contributed by atoms with Gasteiger partial charge >= 0.3 is 0 Å². The summed E-state index contributed by atoms with van der Waals surface area (Å²) in [4.78, 5) is 0. The van der Waals surface area contributed by atoms with Crippen molar-refractivity contribution in [2.24, 2.45) is 0 Å². The molecule has 0 saturated heterocycles. The van der Waals surface area contributed by atoms with Gasteiger partial charge in [0.1, 0.15) is 0 Å². The van der Waals surface area contributed by atoms with Crippen molar-refractivity contribution in [3.05, 3.63) is 64.2 Å². The highest BCUT2D eigenvalue weighted by Gasteiger charge is 2.05. The molecule has 2 aromatic carbocycles. The second-order valence-electron chi connectivity index (χ2n) is 5.99. The standard InChI is InChI=1S/C21H26O/c1-6-15(2)11-18-9-10-19(12-17(18)4)20-8-7-16(3)21(13-20)14-22-5/h7-13H,6,14H2,1-5H3/b15-11+. The van der Waals surface area contributed by atoms with Crippen molar-refractivity contribution >= 4 is 6.08 Å². The zero-order chi connectivity index (χ0) is 16.1. The van der Waals surface area contributed by atoms with Gasteiger partial charge in [0, 0.05) is 7.11 Å². The average Bonchev–Trinajstić information content (AvgIpc) is 2.51. The van der Waals surface area contributed by atoms with E-state index in [2.05, 4.69) is 70.2 Å². The van der Waals surface area contributed by atoms with E-state index in [1.54, 1.807) is 7.11 Å². The lowest BCUT2D eigenvalue weighted by Gasteiger charge is -2.10. The molecule has 0 atom stereocenters. The first-order valence-corrected chi connectivity index (χ1v) is 7.91. The maximum Gasteiger partial charge on any atom is 0.0715 e. The van der Waals surface area contributed by atoms with E-state index in [-0.39, 0.29) is 0 Å². The lowest BCUT2D eigenvalue weighted by atomic mass is 9.96. The third-order valence-corrected chi connectivity index (χ3v) is 4.21. The van der Waals surface area contributed by atoms with Crippen LogP contribution in [0.25, 0.3) is 17.2 Å². The molecular formula is C21H26O. The predicted octanol–water partition coefficient (Wildman–Crippen LogP) is 5.93. The smallest absolute Gasteiger partial charge is 0.0715 e. The summed E-state index contributed by atoms with van der Waals surface area (Å²) in [5, 5.41) is 0. The zero-order valence-electron chi connectivity index (χ0n) is 14.4. The summed E-state index contributed by atoms with van der Waals surface area (Å²) >= 11 is 0. The van der Waals surface area contributed by atoms with Gasteiger partial charge in [-0.3, -0.25) is 0 Å². The van der Waals surface area contributed by atoms with E-state index < -0.39 is 0 Å². The largest absolute Gasteiger partial charge is 0.380 e. The maximum absolute atomic E-state index is 5.29. The van der Waals surface area contributed by atoms with Crippen LogP contribution in [-0.2, 0) is 11.3 Å². The van der Waals surface area contributed by atoms with Gasteiger partial charge in [-0.25, -0.2) is 0 Å². The quantitative estimate of drug-likeness (QED) is 0.664. The summed E-state index contributed by atoms with van der Waals surface area (Å²) < 4.78 is 5.29. The summed E-state index contributed by atoms with van der Waals surface area (Å²) in [6.07, 6.45) is 3.38. The van der Waals surface area contributed by atoms with Gasteiger partial charge in [-0.2, -0.15) is 0 Å². The van der Waals surface area contributed by atoms with Crippen LogP contribution in [0.5, 0.6) is 0 Å². The van der Waals surface area contributed by atoms with Crippen molar-refractivity contribution < 1.29 is 4.74 Å². The Hall–Kier alpha value is -1.86. The Labute approximate surface area is 134 Å². The SMILES string of the molecule is CC/C(C)=C/c1ccc(-c2ccc(C)c(COC)c2)cc1C. The Morgan fingerprint density at radius 1 is 1.00 bits per heavy atom. The number of aryl methyl sites for hydroxylation is 2. The molecule has 0 radical (unpaired) electrons. The Kier molecular flexibility index (Phi) is 5.57. The predicted molar refractivity (Wildman–Crippen MR) is 96.0 cm³/mol. The number of methoxy groups -OCH3 is 1. The van der Waals surface area contributed by atoms with Crippen molar-refractivity contribution in [1.29, 1.82) is 0 Å². The Morgan fingerprint density at radius 2 is 1.68 bits per heavy atom. The van der Waals surface area contributed by atoms with Crippen LogP contribution in [0.15, 0.2) is 42.0 Å². The first-order valence-electron chi connectivity index (χ1n) is 7.91. The molecule has 116 valence electrons. The lowest BCUT2D eigenvalue weighted by molar-refractivity contribution is 0.184. The number of benzene rings is 2. The lowest BCUT2D eigenvalue weighted by Crippen LogP contribution is -1.93. The molecule has 0 amide bonds. The Balaban J connectivity index is 2.38. The number of rotatable bonds is 5. The van der Waals surface area contributed by atoms with Gasteiger partial charge in [-0.15, -0.1) is 0 Å². The molecule has 1 nitrogen and oxygen atoms in total. The van der Waals surface area contributed by atoms with E-state index in [0.717, 1.165) is 6.42 Å². The molecule has 0 saturated carbocycles. The van der Waals surface area contributed by atoms with Crippen molar-refractivity contribution in [1.82, 2.24) is 0 Å². The van der Waals surface area contributed by atoms with Crippen LogP contribution in [0.3, 0.4) is 0 Å². The maximum atomic E-state index is 5.29. The molecule has 0 bridgehead atoms. The van der Waals surface area contributed by atoms with Crippen LogP contribution < -0.4 is 0 Å². The minimum absolute atomic E-state index is 0.662. The van der Waals surface area contributed by atoms with Crippen molar-refractivity contribution in [2.45, 2.75) is 40.7 Å². The third kappa shape index (κ3) is 3.86. The average molecular weight is 294 g/mol. The molecule has 22 heavy (non-hydrogen) atoms. The second-order valence-corrected chi connectivity index (χ2v) is 5.99. The molecule has 0 N–H and O–H groups in total. The highest BCUT2D eigenvalue weighted by atomic mass is 16.5. The van der Waals surface area contributed by atoms with Gasteiger partial charge in [0.2, 0.25) is 0 Å². The van der Waals surface area contributed by atoms with Crippen LogP contribution in [0, 0.1) is 13.8 Å². The van der Waals surface area contributed by atoms with Gasteiger partial charge in [0.05, 0.1) is 6.61 Å². The molecule has 0 aliphatic rings. The van der Waals surface area contributed by atoms with E-state index >= 15 is 0 Å². The van der Waals surface area contributed by atoms with Crippen LogP contribution in [0.4, 0.5) is 0 Å². The molecule has 0 aromatic heterocycles. The highest BCUT2D eigenvalue weighted by molar-refractivity contribution is 5.69. The van der Waals surface area contributed by atoms with Crippen LogP contribution >= 0.6 is 0 Å². The molecule has 2 aromatic rings. The molecule has 0 fully saturated rings. The number of ether oxygens (including phenoxy) is 1. The second kappa shape index (κ2) is 7.42. The van der Waals surface area contributed by atoms with E-state index in [1.165, 1.54) is 39.0 Å². The monoisotopic (exact) mass is 294 g/mol. The zero-order valence-corrected chi connectivity index (χ0v) is 14.4. The molecule has 1 heteroatoms. The number of allylic oxidation sites excluding steroid dienone is 1. The van der Waals surface area contributed by atoms with Crippen molar-refractivity contribution in [3.8, 4) is 11.1 Å². The van der Waals surface area contributed by atoms with Crippen molar-refractivity contribution in [2.75, 3.05) is 7.11 Å². The third-order valence-electron chi connectivity index (χ3n) is 4.21. The van der Waals surface area contributed by atoms with Gasteiger partial charge in [0.25, 0.3) is 0 Å². The van der Waals surface area contributed by atoms with Crippen LogP contribution in [0.1, 0.15) is 42.5 Å². The number of hydrogen-bond acceptors (Lipinski definition) is 1. The van der Waals surface area contributed by atoms with Gasteiger partial charge in [-0.1, -0.05) is 48.9 Å². The highest BCUT2D eigenvalue weighted by Crippen LogP contribution is 2.26. The fraction of sp³-hybridized carbons (Fsp3) is 0.333. The minimum atomic E-state index is 0.662. The molecule has 0 aliphatic heterocycles. The summed E-state index contributed by atoms with van der Waals surface area (Å²) in [6.45, 7) is 9.35. The van der Waals surface area contributed by atoms with Crippen LogP contribution in [-0.4, -0.2) is 7.11 Å². The molecule has 0 spiro atoms.